The lowest BCUT2D eigenvalue weighted by Gasteiger charge is -2.21. The van der Waals surface area contributed by atoms with E-state index in [9.17, 15) is 4.79 Å². The molecule has 0 unspecified atom stereocenters. The highest BCUT2D eigenvalue weighted by Crippen LogP contribution is 2.31. The monoisotopic (exact) mass is 399 g/mol. The maximum absolute atomic E-state index is 11.7. The van der Waals surface area contributed by atoms with Gasteiger partial charge in [0.25, 0.3) is 0 Å². The van der Waals surface area contributed by atoms with Crippen LogP contribution in [0.3, 0.4) is 0 Å². The molecule has 3 aromatic rings. The van der Waals surface area contributed by atoms with Crippen molar-refractivity contribution >= 4 is 16.8 Å². The van der Waals surface area contributed by atoms with E-state index < -0.39 is 5.91 Å². The number of rotatable bonds is 5. The largest absolute Gasteiger partial charge is 0.366 e. The van der Waals surface area contributed by atoms with Crippen molar-refractivity contribution in [1.82, 2.24) is 9.88 Å². The lowest BCUT2D eigenvalue weighted by Crippen LogP contribution is -2.18. The molecule has 1 aromatic heterocycles. The Morgan fingerprint density at radius 2 is 1.67 bits per heavy atom. The van der Waals surface area contributed by atoms with Gasteiger partial charge in [-0.2, -0.15) is 0 Å². The van der Waals surface area contributed by atoms with Gasteiger partial charge in [0.15, 0.2) is 0 Å². The molecule has 154 valence electrons. The van der Waals surface area contributed by atoms with Crippen LogP contribution in [0.2, 0.25) is 0 Å². The number of aryl methyl sites for hydroxylation is 1. The number of fused-ring (bicyclic) bond motifs is 2. The number of pyridine rings is 1. The Balaban J connectivity index is 1.48. The Morgan fingerprint density at radius 3 is 2.43 bits per heavy atom. The average molecular weight is 400 g/mol. The summed E-state index contributed by atoms with van der Waals surface area (Å²) in [7, 11) is 0. The third-order valence-corrected chi connectivity index (χ3v) is 6.67. The minimum atomic E-state index is -0.397. The van der Waals surface area contributed by atoms with Crippen molar-refractivity contribution in [2.24, 2.45) is 5.73 Å². The number of primary amides is 1. The van der Waals surface area contributed by atoms with Crippen LogP contribution in [0.15, 0.2) is 42.5 Å². The molecule has 2 heterocycles. The number of benzene rings is 2. The Labute approximate surface area is 178 Å². The fourth-order valence-electron chi connectivity index (χ4n) is 5.05. The second-order valence-electron chi connectivity index (χ2n) is 8.80. The van der Waals surface area contributed by atoms with E-state index in [2.05, 4.69) is 29.2 Å². The zero-order chi connectivity index (χ0) is 20.5. The van der Waals surface area contributed by atoms with Crippen LogP contribution in [0.5, 0.6) is 0 Å². The summed E-state index contributed by atoms with van der Waals surface area (Å²) in [6.45, 7) is 3.51. The third kappa shape index (κ3) is 3.84. The molecule has 0 radical (unpaired) electrons. The molecule has 4 heteroatoms. The summed E-state index contributed by atoms with van der Waals surface area (Å²) in [6.07, 6.45) is 8.09. The molecule has 0 saturated carbocycles. The number of hydrogen-bond acceptors (Lipinski definition) is 3. The van der Waals surface area contributed by atoms with E-state index in [1.807, 2.05) is 18.2 Å². The minimum absolute atomic E-state index is 0.397. The molecule has 0 bridgehead atoms. The molecule has 1 aliphatic heterocycles. The fraction of sp³-hybridized carbons (Fsp3) is 0.385. The van der Waals surface area contributed by atoms with Gasteiger partial charge >= 0.3 is 0 Å². The second-order valence-corrected chi connectivity index (χ2v) is 8.80. The van der Waals surface area contributed by atoms with Crippen LogP contribution in [-0.2, 0) is 25.8 Å². The first-order chi connectivity index (χ1) is 14.7. The molecule has 2 aliphatic rings. The number of amides is 1. The molecule has 0 atom stereocenters. The Kier molecular flexibility index (Phi) is 5.26. The molecule has 1 amide bonds. The third-order valence-electron chi connectivity index (χ3n) is 6.67. The van der Waals surface area contributed by atoms with Crippen molar-refractivity contribution < 1.29 is 4.79 Å². The Hall–Kier alpha value is -2.72. The van der Waals surface area contributed by atoms with Gasteiger partial charge in [0.2, 0.25) is 5.91 Å². The van der Waals surface area contributed by atoms with E-state index in [-0.39, 0.29) is 0 Å². The van der Waals surface area contributed by atoms with Gasteiger partial charge in [-0.15, -0.1) is 0 Å². The fourth-order valence-corrected chi connectivity index (χ4v) is 5.05. The highest BCUT2D eigenvalue weighted by Gasteiger charge is 2.19. The molecular formula is C26H29N3O. The van der Waals surface area contributed by atoms with Crippen molar-refractivity contribution in [2.75, 3.05) is 13.1 Å². The predicted molar refractivity (Wildman–Crippen MR) is 121 cm³/mol. The first kappa shape index (κ1) is 19.3. The van der Waals surface area contributed by atoms with Crippen LogP contribution < -0.4 is 5.73 Å². The molecular weight excluding hydrogens is 370 g/mol. The van der Waals surface area contributed by atoms with E-state index >= 15 is 0 Å². The van der Waals surface area contributed by atoms with Gasteiger partial charge in [0, 0.05) is 23.2 Å². The Bertz CT molecular complexity index is 1080. The summed E-state index contributed by atoms with van der Waals surface area (Å²) in [6, 6.07) is 14.9. The summed E-state index contributed by atoms with van der Waals surface area (Å²) in [5.41, 5.74) is 13.7. The molecule has 5 rings (SSSR count). The van der Waals surface area contributed by atoms with E-state index in [1.54, 1.807) is 0 Å². The lowest BCUT2D eigenvalue weighted by molar-refractivity contribution is 0.100. The predicted octanol–water partition coefficient (Wildman–Crippen LogP) is 4.40. The van der Waals surface area contributed by atoms with E-state index in [0.29, 0.717) is 5.56 Å². The van der Waals surface area contributed by atoms with Crippen molar-refractivity contribution in [3.8, 4) is 0 Å². The maximum atomic E-state index is 11.7. The topological polar surface area (TPSA) is 59.2 Å². The Morgan fingerprint density at radius 1 is 0.933 bits per heavy atom. The standard InChI is InChI=1S/C26H29N3O/c27-26(30)20-11-12-22-23(21-5-1-2-6-24(21)28-25(22)16-20)15-18-7-9-19(10-8-18)17-29-13-3-4-14-29/h7-12,16H,1-6,13-15,17H2,(H2,27,30). The number of nitrogens with two attached hydrogens (primary N) is 1. The molecule has 4 nitrogen and oxygen atoms in total. The van der Waals surface area contributed by atoms with Crippen molar-refractivity contribution in [3.05, 3.63) is 76.0 Å². The van der Waals surface area contributed by atoms with Crippen molar-refractivity contribution in [1.29, 1.82) is 0 Å². The average Bonchev–Trinajstić information content (AvgIpc) is 3.27. The highest BCUT2D eigenvalue weighted by atomic mass is 16.1. The summed E-state index contributed by atoms with van der Waals surface area (Å²) < 4.78 is 0. The van der Waals surface area contributed by atoms with Crippen LogP contribution in [0.4, 0.5) is 0 Å². The van der Waals surface area contributed by atoms with Gasteiger partial charge in [-0.25, -0.2) is 0 Å². The van der Waals surface area contributed by atoms with Gasteiger partial charge < -0.3 is 5.73 Å². The van der Waals surface area contributed by atoms with E-state index in [4.69, 9.17) is 10.7 Å². The van der Waals surface area contributed by atoms with Crippen molar-refractivity contribution in [3.63, 3.8) is 0 Å². The smallest absolute Gasteiger partial charge is 0.248 e. The number of likely N-dealkylation sites (tertiary alicyclic amines) is 1. The lowest BCUT2D eigenvalue weighted by atomic mass is 9.87. The van der Waals surface area contributed by atoms with E-state index in [1.165, 1.54) is 66.7 Å². The molecule has 0 spiro atoms. The molecule has 1 fully saturated rings. The number of nitrogens with zero attached hydrogens (tertiary/aromatic N) is 2. The number of hydrogen-bond donors (Lipinski definition) is 1. The van der Waals surface area contributed by atoms with Gasteiger partial charge in [0.05, 0.1) is 5.52 Å². The van der Waals surface area contributed by atoms with E-state index in [0.717, 1.165) is 36.7 Å². The molecule has 1 aliphatic carbocycles. The summed E-state index contributed by atoms with van der Waals surface area (Å²) in [4.78, 5) is 19.1. The van der Waals surface area contributed by atoms with Crippen LogP contribution in [0.1, 0.15) is 64.0 Å². The zero-order valence-electron chi connectivity index (χ0n) is 17.5. The molecule has 1 saturated heterocycles. The molecule has 30 heavy (non-hydrogen) atoms. The SMILES string of the molecule is NC(=O)c1ccc2c(Cc3ccc(CN4CCCC4)cc3)c3c(nc2c1)CCCC3. The second kappa shape index (κ2) is 8.19. The first-order valence-electron chi connectivity index (χ1n) is 11.2. The van der Waals surface area contributed by atoms with Crippen LogP contribution in [0, 0.1) is 0 Å². The van der Waals surface area contributed by atoms with Crippen molar-refractivity contribution in [2.45, 2.75) is 51.5 Å². The molecule has 2 aromatic carbocycles. The first-order valence-corrected chi connectivity index (χ1v) is 11.2. The number of aromatic nitrogens is 1. The summed E-state index contributed by atoms with van der Waals surface area (Å²) in [5, 5.41) is 1.15. The van der Waals surface area contributed by atoms with Crippen LogP contribution in [-0.4, -0.2) is 28.9 Å². The van der Waals surface area contributed by atoms with Crippen LogP contribution >= 0.6 is 0 Å². The quantitative estimate of drug-likeness (QED) is 0.692. The normalized spacial score (nSPS) is 16.7. The summed E-state index contributed by atoms with van der Waals surface area (Å²) >= 11 is 0. The van der Waals surface area contributed by atoms with Gasteiger partial charge in [-0.1, -0.05) is 30.3 Å². The summed E-state index contributed by atoms with van der Waals surface area (Å²) in [5.74, 6) is -0.397. The maximum Gasteiger partial charge on any atom is 0.248 e. The minimum Gasteiger partial charge on any atom is -0.366 e. The van der Waals surface area contributed by atoms with Gasteiger partial charge in [-0.05, 0) is 92.4 Å². The zero-order valence-corrected chi connectivity index (χ0v) is 17.5. The number of carbonyl (C=O) groups is 1. The van der Waals surface area contributed by atoms with Gasteiger partial charge in [0.1, 0.15) is 0 Å². The van der Waals surface area contributed by atoms with Gasteiger partial charge in [-0.3, -0.25) is 14.7 Å². The molecule has 2 N–H and O–H groups in total. The number of carbonyl (C=O) groups excluding carboxylic acids is 1. The van der Waals surface area contributed by atoms with Crippen LogP contribution in [0.25, 0.3) is 10.9 Å². The highest BCUT2D eigenvalue weighted by molar-refractivity contribution is 5.97.